The number of fused-ring (bicyclic) bond motifs is 1. The number of hydrogen-bond acceptors (Lipinski definition) is 8. The van der Waals surface area contributed by atoms with Gasteiger partial charge in [0.05, 0.1) is 33.8 Å². The minimum Gasteiger partial charge on any atom is -0.434 e. The molecule has 2 aromatic rings. The summed E-state index contributed by atoms with van der Waals surface area (Å²) < 4.78 is 10.4. The van der Waals surface area contributed by atoms with Crippen LogP contribution in [-0.2, 0) is 9.47 Å². The molecule has 1 aromatic heterocycles. The second kappa shape index (κ2) is 7.50. The number of nitrogen functional groups attached to an aromatic ring is 2. The van der Waals surface area contributed by atoms with E-state index in [9.17, 15) is 4.79 Å². The number of ether oxygens (including phenoxy) is 2. The van der Waals surface area contributed by atoms with E-state index >= 15 is 0 Å². The fraction of sp³-hybridized carbons (Fsp3) is 0.235. The summed E-state index contributed by atoms with van der Waals surface area (Å²) >= 11 is 12.2. The van der Waals surface area contributed by atoms with Gasteiger partial charge in [0, 0.05) is 0 Å². The highest BCUT2D eigenvalue weighted by molar-refractivity contribution is 6.42. The van der Waals surface area contributed by atoms with Crippen LogP contribution in [0, 0.1) is 0 Å². The molecule has 0 fully saturated rings. The van der Waals surface area contributed by atoms with Gasteiger partial charge in [0.15, 0.2) is 0 Å². The molecule has 10 heteroatoms. The average molecular weight is 410 g/mol. The van der Waals surface area contributed by atoms with E-state index in [-0.39, 0.29) is 18.4 Å². The van der Waals surface area contributed by atoms with Gasteiger partial charge < -0.3 is 26.3 Å². The lowest BCUT2D eigenvalue weighted by atomic mass is 9.87. The number of benzene rings is 1. The van der Waals surface area contributed by atoms with Crippen LogP contribution >= 0.6 is 23.2 Å². The highest BCUT2D eigenvalue weighted by atomic mass is 35.5. The molecule has 3 rings (SSSR count). The summed E-state index contributed by atoms with van der Waals surface area (Å²) in [5.74, 6) is 0.276. The number of nitrogens with one attached hydrogen (secondary N) is 1. The van der Waals surface area contributed by atoms with E-state index in [0.29, 0.717) is 38.4 Å². The molecule has 1 atom stereocenters. The quantitative estimate of drug-likeness (QED) is 0.651. The maximum atomic E-state index is 12.0. The lowest BCUT2D eigenvalue weighted by Gasteiger charge is -2.30. The Kier molecular flexibility index (Phi) is 5.29. The van der Waals surface area contributed by atoms with E-state index in [1.54, 1.807) is 32.0 Å². The van der Waals surface area contributed by atoms with Crippen molar-refractivity contribution in [2.24, 2.45) is 0 Å². The molecule has 8 nitrogen and oxygen atoms in total. The molecule has 5 N–H and O–H groups in total. The minimum absolute atomic E-state index is 0.0224. The maximum Gasteiger partial charge on any atom is 0.513 e. The lowest BCUT2D eigenvalue weighted by molar-refractivity contribution is 0.0778. The first kappa shape index (κ1) is 19.1. The second-order valence-corrected chi connectivity index (χ2v) is 6.55. The van der Waals surface area contributed by atoms with Crippen LogP contribution in [0.5, 0.6) is 0 Å². The zero-order valence-corrected chi connectivity index (χ0v) is 16.1. The number of aromatic nitrogens is 2. The number of nitrogens with two attached hydrogens (primary N) is 2. The molecule has 1 aliphatic rings. The summed E-state index contributed by atoms with van der Waals surface area (Å²) in [6, 6.07) is 5.07. The van der Waals surface area contributed by atoms with Crippen LogP contribution in [-0.4, -0.2) is 22.7 Å². The number of nitrogens with zero attached hydrogens (tertiary/aromatic N) is 2. The van der Waals surface area contributed by atoms with Gasteiger partial charge in [0.25, 0.3) is 0 Å². The Morgan fingerprint density at radius 2 is 2.00 bits per heavy atom. The normalized spacial score (nSPS) is 15.8. The average Bonchev–Trinajstić information content (AvgIpc) is 2.58. The standard InChI is InChI=1S/C17H17Cl2N5O3/c1-3-26-17(25)27-13-7(2)22-15-12(14(20)23-16(21)24-15)11(13)8-4-5-9(18)10(19)6-8/h4-6,11H,3H2,1-2H3,(H5,20,21,22,23,24). The SMILES string of the molecule is CCOC(=O)OC1=C(C)Nc2nc(N)nc(N)c2C1c1ccc(Cl)c(Cl)c1. The number of carbonyl (C=O) groups is 1. The van der Waals surface area contributed by atoms with Crippen molar-refractivity contribution in [1.29, 1.82) is 0 Å². The topological polar surface area (TPSA) is 125 Å². The monoisotopic (exact) mass is 409 g/mol. The lowest BCUT2D eigenvalue weighted by Crippen LogP contribution is -2.24. The predicted octanol–water partition coefficient (Wildman–Crippen LogP) is 3.91. The van der Waals surface area contributed by atoms with Crippen molar-refractivity contribution in [3.8, 4) is 0 Å². The van der Waals surface area contributed by atoms with E-state index in [2.05, 4.69) is 15.3 Å². The molecule has 142 valence electrons. The number of hydrogen-bond donors (Lipinski definition) is 3. The third-order valence-electron chi connectivity index (χ3n) is 3.95. The van der Waals surface area contributed by atoms with Crippen LogP contribution in [0.1, 0.15) is 30.9 Å². The maximum absolute atomic E-state index is 12.0. The molecule has 0 bridgehead atoms. The van der Waals surface area contributed by atoms with Crippen LogP contribution in [0.4, 0.5) is 22.4 Å². The molecule has 27 heavy (non-hydrogen) atoms. The van der Waals surface area contributed by atoms with Crippen LogP contribution < -0.4 is 16.8 Å². The first-order chi connectivity index (χ1) is 12.8. The number of allylic oxidation sites excluding steroid dienone is 2. The summed E-state index contributed by atoms with van der Waals surface area (Å²) in [6.07, 6.45) is -0.836. The molecule has 2 heterocycles. The fourth-order valence-electron chi connectivity index (χ4n) is 2.85. The Morgan fingerprint density at radius 1 is 1.26 bits per heavy atom. The molecule has 0 saturated carbocycles. The number of carbonyl (C=O) groups excluding carboxylic acids is 1. The van der Waals surface area contributed by atoms with Crippen molar-refractivity contribution in [3.05, 3.63) is 50.8 Å². The molecular weight excluding hydrogens is 393 g/mol. The second-order valence-electron chi connectivity index (χ2n) is 5.74. The van der Waals surface area contributed by atoms with Crippen molar-refractivity contribution in [2.75, 3.05) is 23.4 Å². The number of anilines is 3. The predicted molar refractivity (Wildman–Crippen MR) is 104 cm³/mol. The number of rotatable bonds is 3. The molecular formula is C17H17Cl2N5O3. The summed E-state index contributed by atoms with van der Waals surface area (Å²) in [6.45, 7) is 3.59. The third-order valence-corrected chi connectivity index (χ3v) is 4.69. The number of halogens is 2. The molecule has 0 amide bonds. The van der Waals surface area contributed by atoms with Gasteiger partial charge >= 0.3 is 6.16 Å². The highest BCUT2D eigenvalue weighted by Gasteiger charge is 2.35. The van der Waals surface area contributed by atoms with Gasteiger partial charge in [0.2, 0.25) is 5.95 Å². The van der Waals surface area contributed by atoms with Crippen LogP contribution in [0.2, 0.25) is 10.0 Å². The van der Waals surface area contributed by atoms with Crippen molar-refractivity contribution >= 4 is 46.9 Å². The van der Waals surface area contributed by atoms with Gasteiger partial charge in [-0.05, 0) is 31.5 Å². The van der Waals surface area contributed by atoms with Crippen molar-refractivity contribution in [2.45, 2.75) is 19.8 Å². The summed E-state index contributed by atoms with van der Waals surface area (Å²) in [5, 5.41) is 3.78. The molecule has 0 saturated heterocycles. The Labute approximate surface area is 165 Å². The van der Waals surface area contributed by atoms with E-state index in [1.807, 2.05) is 0 Å². The molecule has 1 aliphatic heterocycles. The Bertz CT molecular complexity index is 948. The zero-order chi connectivity index (χ0) is 19.7. The molecule has 0 spiro atoms. The summed E-state index contributed by atoms with van der Waals surface area (Å²) in [4.78, 5) is 20.2. The van der Waals surface area contributed by atoms with E-state index in [4.69, 9.17) is 44.1 Å². The van der Waals surface area contributed by atoms with Crippen LogP contribution in [0.3, 0.4) is 0 Å². The van der Waals surface area contributed by atoms with Crippen LogP contribution in [0.25, 0.3) is 0 Å². The fourth-order valence-corrected chi connectivity index (χ4v) is 3.16. The highest BCUT2D eigenvalue weighted by Crippen LogP contribution is 2.45. The largest absolute Gasteiger partial charge is 0.513 e. The van der Waals surface area contributed by atoms with Gasteiger partial charge in [-0.2, -0.15) is 9.97 Å². The van der Waals surface area contributed by atoms with Gasteiger partial charge in [-0.1, -0.05) is 29.3 Å². The van der Waals surface area contributed by atoms with Gasteiger partial charge in [-0.25, -0.2) is 4.79 Å². The Hall–Kier alpha value is -2.71. The molecule has 0 radical (unpaired) electrons. The summed E-state index contributed by atoms with van der Waals surface area (Å²) in [5.41, 5.74) is 13.6. The third kappa shape index (κ3) is 3.72. The van der Waals surface area contributed by atoms with E-state index in [1.165, 1.54) is 0 Å². The summed E-state index contributed by atoms with van der Waals surface area (Å²) in [7, 11) is 0. The van der Waals surface area contributed by atoms with Crippen LogP contribution in [0.15, 0.2) is 29.7 Å². The van der Waals surface area contributed by atoms with Crippen molar-refractivity contribution < 1.29 is 14.3 Å². The van der Waals surface area contributed by atoms with E-state index < -0.39 is 12.1 Å². The Morgan fingerprint density at radius 3 is 2.67 bits per heavy atom. The first-order valence-corrected chi connectivity index (χ1v) is 8.77. The van der Waals surface area contributed by atoms with E-state index in [0.717, 1.165) is 0 Å². The zero-order valence-electron chi connectivity index (χ0n) is 14.5. The Balaban J connectivity index is 2.19. The molecule has 0 aliphatic carbocycles. The smallest absolute Gasteiger partial charge is 0.434 e. The van der Waals surface area contributed by atoms with Gasteiger partial charge in [-0.3, -0.25) is 0 Å². The first-order valence-electron chi connectivity index (χ1n) is 8.02. The molecule has 1 unspecified atom stereocenters. The van der Waals surface area contributed by atoms with Gasteiger partial charge in [-0.15, -0.1) is 0 Å². The van der Waals surface area contributed by atoms with Crippen molar-refractivity contribution in [1.82, 2.24) is 9.97 Å². The van der Waals surface area contributed by atoms with Crippen molar-refractivity contribution in [3.63, 3.8) is 0 Å². The van der Waals surface area contributed by atoms with Gasteiger partial charge in [0.1, 0.15) is 17.4 Å². The minimum atomic E-state index is -0.836. The molecule has 1 aromatic carbocycles.